The van der Waals surface area contributed by atoms with Crippen molar-refractivity contribution in [3.8, 4) is 0 Å². The molecular formula is C20H38N4O2. The molecule has 0 aromatic rings. The summed E-state index contributed by atoms with van der Waals surface area (Å²) in [5.41, 5.74) is 0. The molecule has 0 radical (unpaired) electrons. The van der Waals surface area contributed by atoms with Gasteiger partial charge in [0.2, 0.25) is 11.8 Å². The summed E-state index contributed by atoms with van der Waals surface area (Å²) in [6.07, 6.45) is 10.3. The average Bonchev–Trinajstić information content (AvgIpc) is 3.32. The van der Waals surface area contributed by atoms with Crippen LogP contribution in [0.25, 0.3) is 0 Å². The Morgan fingerprint density at radius 2 is 1.00 bits per heavy atom. The number of rotatable bonds is 13. The number of nitrogens with zero attached hydrogens (tertiary/aromatic N) is 2. The van der Waals surface area contributed by atoms with E-state index in [-0.39, 0.29) is 11.8 Å². The molecule has 2 aliphatic rings. The van der Waals surface area contributed by atoms with E-state index < -0.39 is 0 Å². The number of carbonyl (C=O) groups is 2. The van der Waals surface area contributed by atoms with Gasteiger partial charge in [-0.1, -0.05) is 12.8 Å². The van der Waals surface area contributed by atoms with Gasteiger partial charge in [-0.3, -0.25) is 9.59 Å². The zero-order valence-corrected chi connectivity index (χ0v) is 16.4. The number of hydrogen-bond donors (Lipinski definition) is 2. The van der Waals surface area contributed by atoms with Crippen molar-refractivity contribution >= 4 is 11.8 Å². The van der Waals surface area contributed by atoms with E-state index in [0.29, 0.717) is 12.8 Å². The van der Waals surface area contributed by atoms with Gasteiger partial charge < -0.3 is 20.4 Å². The molecule has 2 aliphatic heterocycles. The summed E-state index contributed by atoms with van der Waals surface area (Å²) in [5, 5.41) is 6.03. The summed E-state index contributed by atoms with van der Waals surface area (Å²) in [5.74, 6) is 0.340. The molecule has 150 valence electrons. The van der Waals surface area contributed by atoms with Crippen LogP contribution in [0, 0.1) is 0 Å². The molecule has 26 heavy (non-hydrogen) atoms. The van der Waals surface area contributed by atoms with E-state index in [9.17, 15) is 9.59 Å². The van der Waals surface area contributed by atoms with Crippen LogP contribution in [-0.2, 0) is 9.59 Å². The zero-order chi connectivity index (χ0) is 18.5. The highest BCUT2D eigenvalue weighted by atomic mass is 16.2. The van der Waals surface area contributed by atoms with Crippen molar-refractivity contribution < 1.29 is 9.59 Å². The number of likely N-dealkylation sites (tertiary alicyclic amines) is 2. The van der Waals surface area contributed by atoms with Crippen molar-refractivity contribution in [1.29, 1.82) is 0 Å². The monoisotopic (exact) mass is 366 g/mol. The van der Waals surface area contributed by atoms with Crippen LogP contribution in [0.5, 0.6) is 0 Å². The van der Waals surface area contributed by atoms with Crippen molar-refractivity contribution in [1.82, 2.24) is 20.4 Å². The highest BCUT2D eigenvalue weighted by Crippen LogP contribution is 2.07. The lowest BCUT2D eigenvalue weighted by atomic mass is 10.1. The molecule has 2 heterocycles. The Morgan fingerprint density at radius 3 is 1.38 bits per heavy atom. The third-order valence-corrected chi connectivity index (χ3v) is 5.46. The summed E-state index contributed by atoms with van der Waals surface area (Å²) in [6.45, 7) is 8.25. The van der Waals surface area contributed by atoms with Crippen LogP contribution in [0.4, 0.5) is 0 Å². The summed E-state index contributed by atoms with van der Waals surface area (Å²) in [6, 6.07) is 0. The Hall–Kier alpha value is -1.14. The van der Waals surface area contributed by atoms with Crippen LogP contribution < -0.4 is 10.6 Å². The number of hydrogen-bond acceptors (Lipinski definition) is 4. The molecule has 2 fully saturated rings. The maximum atomic E-state index is 11.8. The van der Waals surface area contributed by atoms with Gasteiger partial charge in [-0.05, 0) is 64.7 Å². The van der Waals surface area contributed by atoms with Gasteiger partial charge in [0.25, 0.3) is 0 Å². The van der Waals surface area contributed by atoms with Gasteiger partial charge >= 0.3 is 0 Å². The van der Waals surface area contributed by atoms with Crippen molar-refractivity contribution in [3.63, 3.8) is 0 Å². The first-order valence-electron chi connectivity index (χ1n) is 10.7. The highest BCUT2D eigenvalue weighted by Gasteiger charge is 2.12. The molecule has 0 unspecified atom stereocenters. The van der Waals surface area contributed by atoms with Crippen LogP contribution in [0.3, 0.4) is 0 Å². The SMILES string of the molecule is O=C(CCCCCCC(=O)NCCN1CCCC1)NCCN1CCCC1. The zero-order valence-electron chi connectivity index (χ0n) is 16.4. The maximum Gasteiger partial charge on any atom is 0.220 e. The molecule has 2 saturated heterocycles. The summed E-state index contributed by atoms with van der Waals surface area (Å²) in [7, 11) is 0. The topological polar surface area (TPSA) is 64.7 Å². The fourth-order valence-electron chi connectivity index (χ4n) is 3.82. The van der Waals surface area contributed by atoms with Crippen LogP contribution in [0.15, 0.2) is 0 Å². The third-order valence-electron chi connectivity index (χ3n) is 5.46. The first-order chi connectivity index (χ1) is 12.7. The minimum atomic E-state index is 0.170. The third kappa shape index (κ3) is 9.53. The second kappa shape index (κ2) is 13.1. The molecule has 2 rings (SSSR count). The molecule has 6 nitrogen and oxygen atoms in total. The van der Waals surface area contributed by atoms with E-state index in [1.165, 1.54) is 51.9 Å². The van der Waals surface area contributed by atoms with E-state index in [0.717, 1.165) is 51.9 Å². The van der Waals surface area contributed by atoms with Crippen molar-refractivity contribution in [2.24, 2.45) is 0 Å². The molecule has 0 bridgehead atoms. The Kier molecular flexibility index (Phi) is 10.7. The lowest BCUT2D eigenvalue weighted by Crippen LogP contribution is -2.33. The van der Waals surface area contributed by atoms with Crippen LogP contribution in [0.2, 0.25) is 0 Å². The second-order valence-electron chi connectivity index (χ2n) is 7.71. The molecule has 0 spiro atoms. The molecular weight excluding hydrogens is 328 g/mol. The summed E-state index contributed by atoms with van der Waals surface area (Å²) < 4.78 is 0. The van der Waals surface area contributed by atoms with Crippen LogP contribution in [0.1, 0.15) is 64.2 Å². The van der Waals surface area contributed by atoms with Gasteiger partial charge in [-0.25, -0.2) is 0 Å². The normalized spacial score (nSPS) is 18.3. The number of amides is 2. The fourth-order valence-corrected chi connectivity index (χ4v) is 3.82. The minimum absolute atomic E-state index is 0.170. The standard InChI is InChI=1S/C20H38N4O2/c25-19(21-11-17-23-13-5-6-14-23)9-3-1-2-4-10-20(26)22-12-18-24-15-7-8-16-24/h1-18H2,(H,21,25)(H,22,26). The van der Waals surface area contributed by atoms with Gasteiger partial charge in [-0.2, -0.15) is 0 Å². The first kappa shape index (κ1) is 21.2. The lowest BCUT2D eigenvalue weighted by molar-refractivity contribution is -0.122. The van der Waals surface area contributed by atoms with Gasteiger partial charge in [0.15, 0.2) is 0 Å². The van der Waals surface area contributed by atoms with Gasteiger partial charge in [0.1, 0.15) is 0 Å². The molecule has 0 aliphatic carbocycles. The van der Waals surface area contributed by atoms with E-state index in [4.69, 9.17) is 0 Å². The quantitative estimate of drug-likeness (QED) is 0.488. The molecule has 6 heteroatoms. The molecule has 2 N–H and O–H groups in total. The first-order valence-corrected chi connectivity index (χ1v) is 10.7. The molecule has 0 aromatic heterocycles. The van der Waals surface area contributed by atoms with E-state index >= 15 is 0 Å². The number of nitrogens with one attached hydrogen (secondary N) is 2. The predicted molar refractivity (Wildman–Crippen MR) is 105 cm³/mol. The number of carbonyl (C=O) groups excluding carboxylic acids is 2. The smallest absolute Gasteiger partial charge is 0.220 e. The summed E-state index contributed by atoms with van der Waals surface area (Å²) in [4.78, 5) is 28.4. The summed E-state index contributed by atoms with van der Waals surface area (Å²) >= 11 is 0. The Balaban J connectivity index is 1.33. The minimum Gasteiger partial charge on any atom is -0.355 e. The van der Waals surface area contributed by atoms with Crippen molar-refractivity contribution in [2.45, 2.75) is 64.2 Å². The Morgan fingerprint density at radius 1 is 0.615 bits per heavy atom. The fraction of sp³-hybridized carbons (Fsp3) is 0.900. The van der Waals surface area contributed by atoms with Gasteiger partial charge in [0, 0.05) is 39.0 Å². The Bertz CT molecular complexity index is 367. The maximum absolute atomic E-state index is 11.8. The molecule has 0 saturated carbocycles. The van der Waals surface area contributed by atoms with E-state index in [1.807, 2.05) is 0 Å². The van der Waals surface area contributed by atoms with Crippen molar-refractivity contribution in [3.05, 3.63) is 0 Å². The van der Waals surface area contributed by atoms with Crippen LogP contribution >= 0.6 is 0 Å². The van der Waals surface area contributed by atoms with E-state index in [1.54, 1.807) is 0 Å². The second-order valence-corrected chi connectivity index (χ2v) is 7.71. The van der Waals surface area contributed by atoms with Crippen molar-refractivity contribution in [2.75, 3.05) is 52.4 Å². The highest BCUT2D eigenvalue weighted by molar-refractivity contribution is 5.76. The average molecular weight is 367 g/mol. The molecule has 0 aromatic carbocycles. The number of unbranched alkanes of at least 4 members (excludes halogenated alkanes) is 3. The Labute approximate surface area is 159 Å². The van der Waals surface area contributed by atoms with Gasteiger partial charge in [0.05, 0.1) is 0 Å². The molecule has 0 atom stereocenters. The van der Waals surface area contributed by atoms with Gasteiger partial charge in [-0.15, -0.1) is 0 Å². The predicted octanol–water partition coefficient (Wildman–Crippen LogP) is 1.75. The molecule has 2 amide bonds. The van der Waals surface area contributed by atoms with Crippen LogP contribution in [-0.4, -0.2) is 74.0 Å². The largest absolute Gasteiger partial charge is 0.355 e. The lowest BCUT2D eigenvalue weighted by Gasteiger charge is -2.14. The van der Waals surface area contributed by atoms with E-state index in [2.05, 4.69) is 20.4 Å².